The maximum Gasteiger partial charge on any atom is 0.136 e. The van der Waals surface area contributed by atoms with Gasteiger partial charge in [-0.15, -0.1) is 0 Å². The Morgan fingerprint density at radius 1 is 1.30 bits per heavy atom. The summed E-state index contributed by atoms with van der Waals surface area (Å²) in [6.45, 7) is 3.92. The summed E-state index contributed by atoms with van der Waals surface area (Å²) in [6, 6.07) is 1.53. The lowest BCUT2D eigenvalue weighted by Gasteiger charge is -2.63. The molecule has 124 valence electrons. The third kappa shape index (κ3) is 0.966. The van der Waals surface area contributed by atoms with Gasteiger partial charge in [-0.3, -0.25) is 9.69 Å². The maximum atomic E-state index is 12.6. The molecule has 9 bridgehead atoms. The molecule has 23 heavy (non-hydrogen) atoms. The first kappa shape index (κ1) is 12.9. The van der Waals surface area contributed by atoms with Crippen LogP contribution in [0.4, 0.5) is 0 Å². The number of nitrogens with zero attached hydrogens (tertiary/aromatic N) is 1. The van der Waals surface area contributed by atoms with E-state index in [0.717, 1.165) is 36.3 Å². The average Bonchev–Trinajstić information content (AvgIpc) is 2.93. The maximum absolute atomic E-state index is 12.6. The molecular formula is C20H27NO2. The van der Waals surface area contributed by atoms with Crippen LogP contribution in [0.15, 0.2) is 0 Å². The number of rotatable bonds is 1. The van der Waals surface area contributed by atoms with Gasteiger partial charge in [0, 0.05) is 43.5 Å². The molecule has 9 rings (SSSR count). The van der Waals surface area contributed by atoms with Crippen LogP contribution in [0.5, 0.6) is 0 Å². The Balaban J connectivity index is 1.52. The summed E-state index contributed by atoms with van der Waals surface area (Å²) < 4.78 is 6.22. The predicted molar refractivity (Wildman–Crippen MR) is 84.7 cm³/mol. The van der Waals surface area contributed by atoms with Gasteiger partial charge in [-0.1, -0.05) is 6.92 Å². The van der Waals surface area contributed by atoms with Gasteiger partial charge in [0.25, 0.3) is 0 Å². The van der Waals surface area contributed by atoms with Gasteiger partial charge in [-0.2, -0.15) is 0 Å². The van der Waals surface area contributed by atoms with Gasteiger partial charge in [0.1, 0.15) is 5.78 Å². The summed E-state index contributed by atoms with van der Waals surface area (Å²) in [4.78, 5) is 15.6. The van der Waals surface area contributed by atoms with Crippen LogP contribution in [0, 0.1) is 39.9 Å². The van der Waals surface area contributed by atoms with Crippen molar-refractivity contribution in [2.75, 3.05) is 13.7 Å². The first-order chi connectivity index (χ1) is 11.1. The smallest absolute Gasteiger partial charge is 0.136 e. The average molecular weight is 313 g/mol. The molecule has 9 aliphatic rings. The van der Waals surface area contributed by atoms with E-state index in [-0.39, 0.29) is 0 Å². The highest BCUT2D eigenvalue weighted by molar-refractivity contribution is 5.84. The second-order valence-corrected chi connectivity index (χ2v) is 10.5. The van der Waals surface area contributed by atoms with Gasteiger partial charge in [-0.25, -0.2) is 0 Å². The Hall–Kier alpha value is -0.410. The summed E-state index contributed by atoms with van der Waals surface area (Å²) in [6.07, 6.45) is 7.76. The van der Waals surface area contributed by atoms with Crippen LogP contribution in [0.1, 0.15) is 45.4 Å². The minimum atomic E-state index is 0.382. The molecule has 0 N–H and O–H groups in total. The zero-order chi connectivity index (χ0) is 15.4. The molecule has 3 aliphatic heterocycles. The van der Waals surface area contributed by atoms with Crippen molar-refractivity contribution in [3.63, 3.8) is 0 Å². The second kappa shape index (κ2) is 3.31. The van der Waals surface area contributed by atoms with Crippen LogP contribution < -0.4 is 0 Å². The van der Waals surface area contributed by atoms with Crippen LogP contribution in [0.2, 0.25) is 0 Å². The summed E-state index contributed by atoms with van der Waals surface area (Å²) in [5.41, 5.74) is 1.31. The highest BCUT2D eigenvalue weighted by Gasteiger charge is 2.88. The molecule has 0 aromatic heterocycles. The topological polar surface area (TPSA) is 29.5 Å². The number of ether oxygens (including phenoxy) is 1. The lowest BCUT2D eigenvalue weighted by molar-refractivity contribution is -0.187. The third-order valence-electron chi connectivity index (χ3n) is 10.4. The van der Waals surface area contributed by atoms with Gasteiger partial charge in [-0.05, 0) is 60.7 Å². The molecule has 3 heterocycles. The fraction of sp³-hybridized carbons (Fsp3) is 0.950. The first-order valence-electron chi connectivity index (χ1n) is 9.87. The van der Waals surface area contributed by atoms with Gasteiger partial charge >= 0.3 is 0 Å². The van der Waals surface area contributed by atoms with Crippen LogP contribution in [-0.4, -0.2) is 42.5 Å². The van der Waals surface area contributed by atoms with Crippen molar-refractivity contribution in [3.05, 3.63) is 0 Å². The number of ketones is 1. The number of carbonyl (C=O) groups is 1. The van der Waals surface area contributed by atoms with E-state index in [9.17, 15) is 4.79 Å². The molecule has 9 fully saturated rings. The van der Waals surface area contributed by atoms with Crippen molar-refractivity contribution in [2.24, 2.45) is 39.9 Å². The lowest BCUT2D eigenvalue weighted by atomic mass is 9.41. The van der Waals surface area contributed by atoms with Gasteiger partial charge in [0.05, 0.1) is 6.10 Å². The quantitative estimate of drug-likeness (QED) is 0.745. The Labute approximate surface area is 138 Å². The predicted octanol–water partition coefficient (Wildman–Crippen LogP) is 2.49. The largest absolute Gasteiger partial charge is 0.381 e. The monoisotopic (exact) mass is 313 g/mol. The normalized spacial score (nSPS) is 72.3. The van der Waals surface area contributed by atoms with Crippen molar-refractivity contribution in [2.45, 2.75) is 63.6 Å². The Morgan fingerprint density at radius 3 is 3.00 bits per heavy atom. The zero-order valence-electron chi connectivity index (χ0n) is 14.3. The molecule has 0 aromatic carbocycles. The Morgan fingerprint density at radius 2 is 2.17 bits per heavy atom. The number of hydrogen-bond donors (Lipinski definition) is 0. The minimum Gasteiger partial charge on any atom is -0.381 e. The molecule has 2 spiro atoms. The Bertz CT molecular complexity index is 662. The minimum absolute atomic E-state index is 0.382. The number of carbonyl (C=O) groups excluding carboxylic acids is 1. The van der Waals surface area contributed by atoms with Crippen molar-refractivity contribution in [1.82, 2.24) is 4.90 Å². The third-order valence-corrected chi connectivity index (χ3v) is 10.4. The summed E-state index contributed by atoms with van der Waals surface area (Å²) in [5, 5.41) is 0. The molecule has 11 atom stereocenters. The SMILES string of the molecule is COC1CCC2(C)CN3[C@@H]4C[C@@]56CC(=O)[C@H]7C[C@@H]5[C@@H]3C1([C@H]42)[C@@H]6C7. The zero-order valence-corrected chi connectivity index (χ0v) is 14.3. The van der Waals surface area contributed by atoms with E-state index in [1.165, 1.54) is 38.6 Å². The van der Waals surface area contributed by atoms with Crippen LogP contribution in [-0.2, 0) is 9.53 Å². The van der Waals surface area contributed by atoms with Gasteiger partial charge < -0.3 is 4.74 Å². The van der Waals surface area contributed by atoms with Crippen LogP contribution >= 0.6 is 0 Å². The van der Waals surface area contributed by atoms with E-state index in [1.54, 1.807) is 0 Å². The molecule has 6 aliphatic carbocycles. The van der Waals surface area contributed by atoms with Crippen molar-refractivity contribution < 1.29 is 9.53 Å². The van der Waals surface area contributed by atoms with Crippen LogP contribution in [0.3, 0.4) is 0 Å². The summed E-state index contributed by atoms with van der Waals surface area (Å²) in [5.74, 6) is 3.47. The molecule has 3 saturated heterocycles. The molecule has 4 unspecified atom stereocenters. The molecule has 0 amide bonds. The van der Waals surface area contributed by atoms with E-state index < -0.39 is 0 Å². The van der Waals surface area contributed by atoms with Crippen molar-refractivity contribution in [1.29, 1.82) is 0 Å². The fourth-order valence-electron chi connectivity index (χ4n) is 10.4. The van der Waals surface area contributed by atoms with E-state index in [4.69, 9.17) is 4.74 Å². The van der Waals surface area contributed by atoms with Gasteiger partial charge in [0.15, 0.2) is 0 Å². The number of Topliss-reactive ketones (excluding diaryl/α,β-unsaturated/α-hetero) is 1. The number of hydrogen-bond acceptors (Lipinski definition) is 3. The second-order valence-electron chi connectivity index (χ2n) is 10.5. The molecule has 0 radical (unpaired) electrons. The summed E-state index contributed by atoms with van der Waals surface area (Å²) in [7, 11) is 1.97. The molecule has 3 heteroatoms. The van der Waals surface area contributed by atoms with E-state index in [1.807, 2.05) is 7.11 Å². The molecule has 3 nitrogen and oxygen atoms in total. The first-order valence-corrected chi connectivity index (χ1v) is 9.87. The van der Waals surface area contributed by atoms with Crippen LogP contribution in [0.25, 0.3) is 0 Å². The molecule has 0 aromatic rings. The standard InChI is InChI=1S/C20H27NO2/c1-18-4-3-15(23-2)20-14-6-10-5-11-17(20)21(9-18)12(16(18)20)7-19(11,14)8-13(10)22/h10-12,14-17H,3-9H2,1-2H3/t10-,11+,12+,14+,15?,16+,17+,18?,19+,20?/m0/s1. The summed E-state index contributed by atoms with van der Waals surface area (Å²) >= 11 is 0. The molecular weight excluding hydrogens is 286 g/mol. The highest BCUT2D eigenvalue weighted by atomic mass is 16.5. The Kier molecular flexibility index (Phi) is 1.85. The lowest BCUT2D eigenvalue weighted by Crippen LogP contribution is -2.64. The number of methoxy groups -OCH3 is 1. The van der Waals surface area contributed by atoms with E-state index in [2.05, 4.69) is 11.8 Å². The molecule has 6 saturated carbocycles. The van der Waals surface area contributed by atoms with Crippen molar-refractivity contribution in [3.8, 4) is 0 Å². The number of fused-ring (bicyclic) bond motifs is 1. The van der Waals surface area contributed by atoms with Crippen molar-refractivity contribution >= 4 is 5.78 Å². The van der Waals surface area contributed by atoms with Gasteiger partial charge in [0.2, 0.25) is 0 Å². The fourth-order valence-corrected chi connectivity index (χ4v) is 10.4. The highest BCUT2D eigenvalue weighted by Crippen LogP contribution is 2.86. The van der Waals surface area contributed by atoms with E-state index in [0.29, 0.717) is 34.1 Å². The van der Waals surface area contributed by atoms with E-state index >= 15 is 0 Å². The number of piperidine rings is 2.